The SMILES string of the molecule is CCCCCCCC[PH](CCCCCCCC)(CCCCCCCC)OC(=O)CCCCCCC.N. The van der Waals surface area contributed by atoms with Gasteiger partial charge < -0.3 is 6.15 Å². The predicted molar refractivity (Wildman–Crippen MR) is 168 cm³/mol. The Bertz CT molecular complexity index is 403. The molecule has 36 heavy (non-hydrogen) atoms. The van der Waals surface area contributed by atoms with Crippen LogP contribution >= 0.6 is 7.49 Å². The van der Waals surface area contributed by atoms with Crippen LogP contribution < -0.4 is 6.15 Å². The Labute approximate surface area is 229 Å². The van der Waals surface area contributed by atoms with Gasteiger partial charge in [0.1, 0.15) is 0 Å². The molecule has 220 valence electrons. The number of unbranched alkanes of at least 4 members (excludes halogenated alkanes) is 19. The summed E-state index contributed by atoms with van der Waals surface area (Å²) in [5.41, 5.74) is 0. The van der Waals surface area contributed by atoms with Gasteiger partial charge in [0.25, 0.3) is 0 Å². The number of hydrogen-bond donors (Lipinski definition) is 1. The second kappa shape index (κ2) is 29.4. The van der Waals surface area contributed by atoms with Crippen LogP contribution in [0.25, 0.3) is 0 Å². The molecule has 0 aromatic heterocycles. The largest absolute Gasteiger partial charge is 0.344 e. The molecule has 0 aliphatic heterocycles. The average Bonchev–Trinajstić information content (AvgIpc) is 2.85. The molecular formula is C32H70NO2P. The molecular weight excluding hydrogens is 461 g/mol. The van der Waals surface area contributed by atoms with E-state index in [1.807, 2.05) is 0 Å². The summed E-state index contributed by atoms with van der Waals surface area (Å²) in [6.07, 6.45) is 34.4. The van der Waals surface area contributed by atoms with Crippen molar-refractivity contribution in [3.05, 3.63) is 0 Å². The Morgan fingerprint density at radius 2 is 0.722 bits per heavy atom. The molecule has 3 nitrogen and oxygen atoms in total. The Kier molecular flexibility index (Phi) is 31.1. The third kappa shape index (κ3) is 24.2. The van der Waals surface area contributed by atoms with Crippen molar-refractivity contribution < 1.29 is 9.32 Å². The maximum absolute atomic E-state index is 13.0. The van der Waals surface area contributed by atoms with Crippen molar-refractivity contribution in [2.45, 2.75) is 182 Å². The fourth-order valence-corrected chi connectivity index (χ4v) is 9.70. The first-order chi connectivity index (χ1) is 17.1. The van der Waals surface area contributed by atoms with E-state index in [0.717, 1.165) is 6.42 Å². The van der Waals surface area contributed by atoms with E-state index < -0.39 is 7.49 Å². The smallest absolute Gasteiger partial charge is 0.344 e. The normalized spacial score (nSPS) is 11.9. The Morgan fingerprint density at radius 3 is 1.06 bits per heavy atom. The van der Waals surface area contributed by atoms with Crippen LogP contribution in [0, 0.1) is 0 Å². The molecule has 0 amide bonds. The number of carbonyl (C=O) groups excluding carboxylic acids is 1. The molecule has 0 spiro atoms. The summed E-state index contributed by atoms with van der Waals surface area (Å²) in [5.74, 6) is 0.149. The average molecular weight is 532 g/mol. The van der Waals surface area contributed by atoms with Crippen LogP contribution in [-0.2, 0) is 9.32 Å². The van der Waals surface area contributed by atoms with Crippen molar-refractivity contribution in [2.75, 3.05) is 18.5 Å². The standard InChI is InChI=1S/C32H67O2P.H3N/c1-5-9-13-17-21-25-29-35(30-26-22-18-14-10-6-2,31-27-23-19-15-11-7-3)34-32(33)28-24-20-16-12-8-4;/h35H,5-31H2,1-4H3;1H3. The minimum atomic E-state index is -1.99. The van der Waals surface area contributed by atoms with Crippen LogP contribution in [0.1, 0.15) is 182 Å². The first kappa shape index (κ1) is 38.0. The summed E-state index contributed by atoms with van der Waals surface area (Å²) >= 11 is 0. The summed E-state index contributed by atoms with van der Waals surface area (Å²) in [4.78, 5) is 13.0. The first-order valence-corrected chi connectivity index (χ1v) is 18.9. The number of carbonyl (C=O) groups is 1. The molecule has 0 bridgehead atoms. The zero-order valence-corrected chi connectivity index (χ0v) is 26.6. The molecule has 0 rings (SSSR count). The third-order valence-electron chi connectivity index (χ3n) is 7.77. The summed E-state index contributed by atoms with van der Waals surface area (Å²) < 4.78 is 6.63. The van der Waals surface area contributed by atoms with E-state index in [1.54, 1.807) is 0 Å². The molecule has 0 unspecified atom stereocenters. The van der Waals surface area contributed by atoms with Crippen molar-refractivity contribution in [3.63, 3.8) is 0 Å². The number of rotatable bonds is 28. The summed E-state index contributed by atoms with van der Waals surface area (Å²) in [6.45, 7) is 9.13. The van der Waals surface area contributed by atoms with Crippen molar-refractivity contribution in [1.82, 2.24) is 6.15 Å². The summed E-state index contributed by atoms with van der Waals surface area (Å²) in [7, 11) is -1.99. The van der Waals surface area contributed by atoms with Gasteiger partial charge in [-0.25, -0.2) is 0 Å². The van der Waals surface area contributed by atoms with Crippen LogP contribution in [-0.4, -0.2) is 24.5 Å². The van der Waals surface area contributed by atoms with Crippen molar-refractivity contribution in [2.24, 2.45) is 0 Å². The van der Waals surface area contributed by atoms with Gasteiger partial charge in [0.05, 0.1) is 0 Å². The van der Waals surface area contributed by atoms with Gasteiger partial charge in [-0.3, -0.25) is 0 Å². The molecule has 0 aliphatic rings. The molecule has 0 saturated carbocycles. The van der Waals surface area contributed by atoms with E-state index in [-0.39, 0.29) is 12.1 Å². The van der Waals surface area contributed by atoms with Gasteiger partial charge in [0, 0.05) is 0 Å². The summed E-state index contributed by atoms with van der Waals surface area (Å²) in [6, 6.07) is 0. The van der Waals surface area contributed by atoms with Gasteiger partial charge in [-0.2, -0.15) is 0 Å². The van der Waals surface area contributed by atoms with E-state index in [1.165, 1.54) is 160 Å². The van der Waals surface area contributed by atoms with E-state index in [9.17, 15) is 4.79 Å². The maximum Gasteiger partial charge on any atom is -0.344 e. The minimum Gasteiger partial charge on any atom is -0.344 e. The van der Waals surface area contributed by atoms with Gasteiger partial charge in [-0.15, -0.1) is 0 Å². The van der Waals surface area contributed by atoms with Gasteiger partial charge >= 0.3 is 223 Å². The maximum atomic E-state index is 13.0. The van der Waals surface area contributed by atoms with E-state index in [2.05, 4.69) is 27.7 Å². The van der Waals surface area contributed by atoms with Crippen LogP contribution in [0.4, 0.5) is 0 Å². The molecule has 0 aromatic rings. The molecule has 0 heterocycles. The van der Waals surface area contributed by atoms with Crippen molar-refractivity contribution >= 4 is 13.5 Å². The van der Waals surface area contributed by atoms with Crippen molar-refractivity contribution in [1.29, 1.82) is 0 Å². The Hall–Kier alpha value is -0.140. The molecule has 0 saturated heterocycles. The summed E-state index contributed by atoms with van der Waals surface area (Å²) in [5, 5.41) is 0. The van der Waals surface area contributed by atoms with Gasteiger partial charge in [-0.1, -0.05) is 0 Å². The zero-order chi connectivity index (χ0) is 25.9. The van der Waals surface area contributed by atoms with E-state index in [0.29, 0.717) is 6.42 Å². The van der Waals surface area contributed by atoms with Gasteiger partial charge in [0.15, 0.2) is 0 Å². The number of hydrogen-bond acceptors (Lipinski definition) is 3. The second-order valence-electron chi connectivity index (χ2n) is 11.4. The second-order valence-corrected chi connectivity index (χ2v) is 15.4. The third-order valence-corrected chi connectivity index (χ3v) is 12.2. The van der Waals surface area contributed by atoms with E-state index in [4.69, 9.17) is 4.52 Å². The minimum absolute atomic E-state index is 0. The monoisotopic (exact) mass is 532 g/mol. The quantitative estimate of drug-likeness (QED) is 0.0806. The van der Waals surface area contributed by atoms with Crippen LogP contribution in [0.15, 0.2) is 0 Å². The molecule has 0 radical (unpaired) electrons. The Morgan fingerprint density at radius 1 is 0.444 bits per heavy atom. The molecule has 0 aliphatic carbocycles. The van der Waals surface area contributed by atoms with Crippen LogP contribution in [0.3, 0.4) is 0 Å². The fraction of sp³-hybridized carbons (Fsp3) is 0.969. The van der Waals surface area contributed by atoms with Crippen LogP contribution in [0.5, 0.6) is 0 Å². The fourth-order valence-electron chi connectivity index (χ4n) is 5.38. The van der Waals surface area contributed by atoms with E-state index >= 15 is 0 Å². The van der Waals surface area contributed by atoms with Crippen LogP contribution in [0.2, 0.25) is 0 Å². The van der Waals surface area contributed by atoms with Crippen molar-refractivity contribution in [3.8, 4) is 0 Å². The molecule has 0 atom stereocenters. The molecule has 0 fully saturated rings. The molecule has 0 aromatic carbocycles. The Balaban J connectivity index is 0. The zero-order valence-electron chi connectivity index (χ0n) is 25.6. The predicted octanol–water partition coefficient (Wildman–Crippen LogP) is 11.8. The topological polar surface area (TPSA) is 61.3 Å². The first-order valence-electron chi connectivity index (χ1n) is 16.4. The molecule has 4 heteroatoms. The van der Waals surface area contributed by atoms with Gasteiger partial charge in [0.2, 0.25) is 0 Å². The molecule has 3 N–H and O–H groups in total. The van der Waals surface area contributed by atoms with Gasteiger partial charge in [-0.05, 0) is 0 Å².